The SMILES string of the molecule is CC(C(=O)NC1CCCCC1)N1CCC2(CC1)OCCO2. The van der Waals surface area contributed by atoms with Crippen molar-refractivity contribution >= 4 is 5.91 Å². The van der Waals surface area contributed by atoms with Crippen LogP contribution >= 0.6 is 0 Å². The number of hydrogen-bond donors (Lipinski definition) is 1. The van der Waals surface area contributed by atoms with Gasteiger partial charge in [0.05, 0.1) is 19.3 Å². The molecule has 3 fully saturated rings. The lowest BCUT2D eigenvalue weighted by Crippen LogP contribution is -2.53. The first-order valence-corrected chi connectivity index (χ1v) is 8.51. The summed E-state index contributed by atoms with van der Waals surface area (Å²) in [5.74, 6) is -0.165. The molecule has 21 heavy (non-hydrogen) atoms. The van der Waals surface area contributed by atoms with Gasteiger partial charge in [-0.2, -0.15) is 0 Å². The van der Waals surface area contributed by atoms with Crippen LogP contribution in [0.15, 0.2) is 0 Å². The second-order valence-corrected chi connectivity index (χ2v) is 6.66. The summed E-state index contributed by atoms with van der Waals surface area (Å²) in [4.78, 5) is 14.7. The van der Waals surface area contributed by atoms with Crippen LogP contribution in [0.3, 0.4) is 0 Å². The Labute approximate surface area is 127 Å². The fraction of sp³-hybridized carbons (Fsp3) is 0.938. The van der Waals surface area contributed by atoms with E-state index in [0.29, 0.717) is 19.3 Å². The summed E-state index contributed by atoms with van der Waals surface area (Å²) in [6.07, 6.45) is 7.84. The molecule has 2 heterocycles. The van der Waals surface area contributed by atoms with E-state index in [9.17, 15) is 4.79 Å². The molecule has 1 atom stereocenters. The summed E-state index contributed by atoms with van der Waals surface area (Å²) in [7, 11) is 0. The zero-order chi connectivity index (χ0) is 14.7. The summed E-state index contributed by atoms with van der Waals surface area (Å²) in [5.41, 5.74) is 0. The monoisotopic (exact) mass is 296 g/mol. The maximum atomic E-state index is 12.4. The third-order valence-corrected chi connectivity index (χ3v) is 5.25. The number of likely N-dealkylation sites (tertiary alicyclic amines) is 1. The van der Waals surface area contributed by atoms with Crippen LogP contribution in [0.2, 0.25) is 0 Å². The fourth-order valence-corrected chi connectivity index (χ4v) is 3.77. The predicted molar refractivity (Wildman–Crippen MR) is 79.9 cm³/mol. The highest BCUT2D eigenvalue weighted by Gasteiger charge is 2.41. The van der Waals surface area contributed by atoms with Crippen molar-refractivity contribution in [2.75, 3.05) is 26.3 Å². The van der Waals surface area contributed by atoms with E-state index < -0.39 is 0 Å². The molecule has 0 aromatic rings. The molecule has 1 saturated carbocycles. The minimum absolute atomic E-state index is 0.0503. The van der Waals surface area contributed by atoms with Gasteiger partial charge in [0.25, 0.3) is 0 Å². The maximum Gasteiger partial charge on any atom is 0.237 e. The van der Waals surface area contributed by atoms with Gasteiger partial charge in [0.2, 0.25) is 5.91 Å². The van der Waals surface area contributed by atoms with Gasteiger partial charge in [-0.1, -0.05) is 19.3 Å². The maximum absolute atomic E-state index is 12.4. The van der Waals surface area contributed by atoms with Crippen LogP contribution in [0.5, 0.6) is 0 Å². The standard InChI is InChI=1S/C16H28N2O3/c1-13(15(19)17-14-5-3-2-4-6-14)18-9-7-16(8-10-18)20-11-12-21-16/h13-14H,2-12H2,1H3,(H,17,19). The van der Waals surface area contributed by atoms with Crippen LogP contribution in [0.4, 0.5) is 0 Å². The van der Waals surface area contributed by atoms with Gasteiger partial charge in [0, 0.05) is 32.0 Å². The summed E-state index contributed by atoms with van der Waals surface area (Å²) >= 11 is 0. The molecule has 1 amide bonds. The Bertz CT molecular complexity index is 353. The van der Waals surface area contributed by atoms with Crippen molar-refractivity contribution < 1.29 is 14.3 Å². The molecule has 0 radical (unpaired) electrons. The van der Waals surface area contributed by atoms with E-state index in [2.05, 4.69) is 10.2 Å². The summed E-state index contributed by atoms with van der Waals surface area (Å²) in [5, 5.41) is 3.23. The molecule has 1 aliphatic carbocycles. The average Bonchev–Trinajstić information content (AvgIpc) is 2.96. The quantitative estimate of drug-likeness (QED) is 0.860. The number of piperidine rings is 1. The molecule has 0 aromatic carbocycles. The number of amides is 1. The lowest BCUT2D eigenvalue weighted by atomic mass is 9.95. The van der Waals surface area contributed by atoms with E-state index in [4.69, 9.17) is 9.47 Å². The van der Waals surface area contributed by atoms with Gasteiger partial charge in [-0.3, -0.25) is 9.69 Å². The third-order valence-electron chi connectivity index (χ3n) is 5.25. The van der Waals surface area contributed by atoms with Crippen molar-refractivity contribution in [2.45, 2.75) is 69.7 Å². The Morgan fingerprint density at radius 1 is 1.14 bits per heavy atom. The number of ether oxygens (including phenoxy) is 2. The van der Waals surface area contributed by atoms with Crippen LogP contribution in [-0.2, 0) is 14.3 Å². The van der Waals surface area contributed by atoms with Crippen molar-refractivity contribution in [3.05, 3.63) is 0 Å². The van der Waals surface area contributed by atoms with Crippen LogP contribution in [0.25, 0.3) is 0 Å². The molecule has 3 rings (SSSR count). The van der Waals surface area contributed by atoms with Gasteiger partial charge in [-0.25, -0.2) is 0 Å². The first-order valence-electron chi connectivity index (χ1n) is 8.51. The first kappa shape index (κ1) is 15.3. The Morgan fingerprint density at radius 3 is 2.38 bits per heavy atom. The van der Waals surface area contributed by atoms with E-state index >= 15 is 0 Å². The van der Waals surface area contributed by atoms with Gasteiger partial charge >= 0.3 is 0 Å². The minimum atomic E-state index is -0.351. The average molecular weight is 296 g/mol. The van der Waals surface area contributed by atoms with E-state index in [-0.39, 0.29) is 17.7 Å². The van der Waals surface area contributed by atoms with Gasteiger partial charge in [-0.05, 0) is 19.8 Å². The predicted octanol–water partition coefficient (Wildman–Crippen LogP) is 1.66. The molecule has 0 bridgehead atoms. The van der Waals surface area contributed by atoms with Gasteiger partial charge in [-0.15, -0.1) is 0 Å². The van der Waals surface area contributed by atoms with Gasteiger partial charge in [0.15, 0.2) is 5.79 Å². The highest BCUT2D eigenvalue weighted by Crippen LogP contribution is 2.31. The second-order valence-electron chi connectivity index (χ2n) is 6.66. The molecule has 5 nitrogen and oxygen atoms in total. The van der Waals surface area contributed by atoms with Crippen LogP contribution in [0.1, 0.15) is 51.9 Å². The van der Waals surface area contributed by atoms with Crippen LogP contribution in [0, 0.1) is 0 Å². The van der Waals surface area contributed by atoms with Crippen molar-refractivity contribution in [2.24, 2.45) is 0 Å². The highest BCUT2D eigenvalue weighted by atomic mass is 16.7. The molecule has 3 aliphatic rings. The summed E-state index contributed by atoms with van der Waals surface area (Å²) in [6, 6.07) is 0.344. The Hall–Kier alpha value is -0.650. The minimum Gasteiger partial charge on any atom is -0.352 e. The van der Waals surface area contributed by atoms with Crippen LogP contribution < -0.4 is 5.32 Å². The van der Waals surface area contributed by atoms with Crippen LogP contribution in [-0.4, -0.2) is 55.0 Å². The third kappa shape index (κ3) is 3.58. The molecular weight excluding hydrogens is 268 g/mol. The normalized spacial score (nSPS) is 28.6. The molecule has 1 N–H and O–H groups in total. The Balaban J connectivity index is 1.46. The smallest absolute Gasteiger partial charge is 0.237 e. The lowest BCUT2D eigenvalue weighted by Gasteiger charge is -2.40. The zero-order valence-corrected chi connectivity index (χ0v) is 13.1. The molecule has 1 unspecified atom stereocenters. The largest absolute Gasteiger partial charge is 0.352 e. The van der Waals surface area contributed by atoms with Crippen molar-refractivity contribution in [3.8, 4) is 0 Å². The molecular formula is C16H28N2O3. The lowest BCUT2D eigenvalue weighted by molar-refractivity contribution is -0.188. The fourth-order valence-electron chi connectivity index (χ4n) is 3.77. The molecule has 1 spiro atoms. The van der Waals surface area contributed by atoms with E-state index in [0.717, 1.165) is 38.8 Å². The van der Waals surface area contributed by atoms with Crippen molar-refractivity contribution in [1.82, 2.24) is 10.2 Å². The number of nitrogens with zero attached hydrogens (tertiary/aromatic N) is 1. The number of hydrogen-bond acceptors (Lipinski definition) is 4. The molecule has 5 heteroatoms. The number of nitrogens with one attached hydrogen (secondary N) is 1. The summed E-state index contributed by atoms with van der Waals surface area (Å²) < 4.78 is 11.5. The molecule has 2 saturated heterocycles. The first-order chi connectivity index (χ1) is 10.2. The zero-order valence-electron chi connectivity index (χ0n) is 13.1. The second kappa shape index (κ2) is 6.63. The number of carbonyl (C=O) groups excluding carboxylic acids is 1. The Kier molecular flexibility index (Phi) is 4.82. The molecule has 2 aliphatic heterocycles. The van der Waals surface area contributed by atoms with E-state index in [1.165, 1.54) is 19.3 Å². The molecule has 120 valence electrons. The highest BCUT2D eigenvalue weighted by molar-refractivity contribution is 5.81. The van der Waals surface area contributed by atoms with E-state index in [1.54, 1.807) is 0 Å². The molecule has 0 aromatic heterocycles. The number of rotatable bonds is 3. The van der Waals surface area contributed by atoms with Crippen molar-refractivity contribution in [1.29, 1.82) is 0 Å². The topological polar surface area (TPSA) is 50.8 Å². The van der Waals surface area contributed by atoms with Gasteiger partial charge < -0.3 is 14.8 Å². The van der Waals surface area contributed by atoms with Gasteiger partial charge in [0.1, 0.15) is 0 Å². The number of carbonyl (C=O) groups is 1. The van der Waals surface area contributed by atoms with Crippen molar-refractivity contribution in [3.63, 3.8) is 0 Å². The van der Waals surface area contributed by atoms with E-state index in [1.807, 2.05) is 6.92 Å². The Morgan fingerprint density at radius 2 is 1.76 bits per heavy atom. The summed E-state index contributed by atoms with van der Waals surface area (Å²) in [6.45, 7) is 5.18.